The number of nitrogens with zero attached hydrogens (tertiary/aromatic N) is 3. The monoisotopic (exact) mass is 487 g/mol. The number of carbonyl (C=O) groups excluding carboxylic acids is 1. The average Bonchev–Trinajstić information content (AvgIpc) is 2.92. The lowest BCUT2D eigenvalue weighted by atomic mass is 10.2. The number of carbonyl (C=O) groups is 1. The zero-order valence-corrected chi connectivity index (χ0v) is 20.3. The lowest BCUT2D eigenvalue weighted by Gasteiger charge is -2.18. The van der Waals surface area contributed by atoms with E-state index in [1.165, 1.54) is 32.2 Å². The summed E-state index contributed by atoms with van der Waals surface area (Å²) in [5.74, 6) is 0.741. The number of hydrogen-bond donors (Lipinski definition) is 0. The Morgan fingerprint density at radius 3 is 2.25 bits per heavy atom. The SMILES string of the molecule is COC(=O)[C@H](C)Oc1c(OC)cc(C=Nn2c(-c3ccccc3)nc3ccccc3c2=O)cc1OC. The largest absolute Gasteiger partial charge is 0.493 e. The molecule has 4 rings (SSSR count). The zero-order valence-electron chi connectivity index (χ0n) is 20.3. The number of benzene rings is 3. The van der Waals surface area contributed by atoms with Crippen LogP contribution in [-0.4, -0.2) is 49.3 Å². The molecule has 0 N–H and O–H groups in total. The van der Waals surface area contributed by atoms with E-state index in [1.807, 2.05) is 36.4 Å². The smallest absolute Gasteiger partial charge is 0.346 e. The first-order valence-electron chi connectivity index (χ1n) is 11.1. The summed E-state index contributed by atoms with van der Waals surface area (Å²) < 4.78 is 22.7. The molecule has 0 radical (unpaired) electrons. The Morgan fingerprint density at radius 1 is 0.972 bits per heavy atom. The van der Waals surface area contributed by atoms with Crippen molar-refractivity contribution in [1.29, 1.82) is 0 Å². The number of fused-ring (bicyclic) bond motifs is 1. The van der Waals surface area contributed by atoms with Crippen LogP contribution >= 0.6 is 0 Å². The number of hydrogen-bond acceptors (Lipinski definition) is 8. The second kappa shape index (κ2) is 10.7. The van der Waals surface area contributed by atoms with E-state index in [1.54, 1.807) is 37.3 Å². The Morgan fingerprint density at radius 2 is 1.61 bits per heavy atom. The highest BCUT2D eigenvalue weighted by Crippen LogP contribution is 2.39. The molecule has 1 heterocycles. The topological polar surface area (TPSA) is 101 Å². The Bertz CT molecular complexity index is 1460. The van der Waals surface area contributed by atoms with Crippen molar-refractivity contribution in [2.45, 2.75) is 13.0 Å². The molecule has 0 unspecified atom stereocenters. The predicted molar refractivity (Wildman–Crippen MR) is 136 cm³/mol. The van der Waals surface area contributed by atoms with Gasteiger partial charge in [-0.05, 0) is 31.2 Å². The van der Waals surface area contributed by atoms with Crippen LogP contribution in [0.1, 0.15) is 12.5 Å². The Balaban J connectivity index is 1.81. The molecule has 0 saturated heterocycles. The second-order valence-corrected chi connectivity index (χ2v) is 7.72. The molecule has 1 aromatic heterocycles. The lowest BCUT2D eigenvalue weighted by Crippen LogP contribution is -2.25. The minimum absolute atomic E-state index is 0.240. The van der Waals surface area contributed by atoms with Crippen LogP contribution in [0.15, 0.2) is 76.6 Å². The summed E-state index contributed by atoms with van der Waals surface area (Å²) in [5, 5.41) is 4.93. The van der Waals surface area contributed by atoms with E-state index in [0.29, 0.717) is 33.8 Å². The first-order valence-corrected chi connectivity index (χ1v) is 11.1. The standard InChI is InChI=1S/C27H25N3O6/c1-17(27(32)35-4)36-24-22(33-2)14-18(15-23(24)34-3)16-28-30-25(19-10-6-5-7-11-19)29-21-13-9-8-12-20(21)26(30)31/h5-17H,1-4H3/t17-/m0/s1. The Labute approximate surface area is 207 Å². The number of ether oxygens (including phenoxy) is 4. The fraction of sp³-hybridized carbons (Fsp3) is 0.185. The molecule has 0 amide bonds. The van der Waals surface area contributed by atoms with Gasteiger partial charge in [0.1, 0.15) is 0 Å². The molecule has 0 saturated carbocycles. The lowest BCUT2D eigenvalue weighted by molar-refractivity contribution is -0.148. The summed E-state index contributed by atoms with van der Waals surface area (Å²) in [6, 6.07) is 19.8. The Hall–Kier alpha value is -4.66. The molecule has 9 nitrogen and oxygen atoms in total. The van der Waals surface area contributed by atoms with Crippen molar-refractivity contribution in [2.75, 3.05) is 21.3 Å². The summed E-state index contributed by atoms with van der Waals surface area (Å²) in [6.45, 7) is 1.56. The van der Waals surface area contributed by atoms with Gasteiger partial charge >= 0.3 is 5.97 Å². The number of esters is 1. The van der Waals surface area contributed by atoms with Gasteiger partial charge < -0.3 is 18.9 Å². The van der Waals surface area contributed by atoms with Crippen molar-refractivity contribution in [3.8, 4) is 28.6 Å². The van der Waals surface area contributed by atoms with Gasteiger partial charge in [-0.1, -0.05) is 42.5 Å². The average molecular weight is 488 g/mol. The van der Waals surface area contributed by atoms with Crippen LogP contribution in [0.25, 0.3) is 22.3 Å². The van der Waals surface area contributed by atoms with E-state index >= 15 is 0 Å². The highest BCUT2D eigenvalue weighted by atomic mass is 16.6. The maximum absolute atomic E-state index is 13.4. The summed E-state index contributed by atoms with van der Waals surface area (Å²) in [5.41, 5.74) is 1.59. The second-order valence-electron chi connectivity index (χ2n) is 7.72. The summed E-state index contributed by atoms with van der Waals surface area (Å²) in [4.78, 5) is 29.9. The molecule has 0 fully saturated rings. The maximum Gasteiger partial charge on any atom is 0.346 e. The van der Waals surface area contributed by atoms with Crippen molar-refractivity contribution < 1.29 is 23.7 Å². The molecule has 3 aromatic carbocycles. The third-order valence-electron chi connectivity index (χ3n) is 5.42. The van der Waals surface area contributed by atoms with Gasteiger partial charge in [-0.3, -0.25) is 4.79 Å². The van der Waals surface area contributed by atoms with E-state index < -0.39 is 12.1 Å². The minimum atomic E-state index is -0.881. The maximum atomic E-state index is 13.4. The molecule has 1 atom stereocenters. The number of para-hydroxylation sites is 1. The van der Waals surface area contributed by atoms with Crippen molar-refractivity contribution in [3.05, 3.63) is 82.6 Å². The molecule has 9 heteroatoms. The van der Waals surface area contributed by atoms with Crippen molar-refractivity contribution in [2.24, 2.45) is 5.10 Å². The van der Waals surface area contributed by atoms with Crippen LogP contribution in [0, 0.1) is 0 Å². The molecular formula is C27H25N3O6. The van der Waals surface area contributed by atoms with E-state index in [9.17, 15) is 9.59 Å². The van der Waals surface area contributed by atoms with E-state index in [4.69, 9.17) is 23.9 Å². The molecule has 0 spiro atoms. The van der Waals surface area contributed by atoms with Gasteiger partial charge in [0.15, 0.2) is 23.4 Å². The van der Waals surface area contributed by atoms with Crippen LogP contribution in [0.3, 0.4) is 0 Å². The van der Waals surface area contributed by atoms with E-state index in [-0.39, 0.29) is 11.3 Å². The zero-order chi connectivity index (χ0) is 25.7. The summed E-state index contributed by atoms with van der Waals surface area (Å²) in [6.07, 6.45) is 0.621. The van der Waals surface area contributed by atoms with Crippen molar-refractivity contribution >= 4 is 23.1 Å². The van der Waals surface area contributed by atoms with Crippen LogP contribution < -0.4 is 19.8 Å². The molecule has 0 aliphatic rings. The number of aromatic nitrogens is 2. The van der Waals surface area contributed by atoms with Crippen LogP contribution in [-0.2, 0) is 9.53 Å². The van der Waals surface area contributed by atoms with Crippen molar-refractivity contribution in [1.82, 2.24) is 9.66 Å². The number of methoxy groups -OCH3 is 3. The minimum Gasteiger partial charge on any atom is -0.493 e. The van der Waals surface area contributed by atoms with Gasteiger partial charge in [0.25, 0.3) is 5.56 Å². The van der Waals surface area contributed by atoms with Crippen LogP contribution in [0.2, 0.25) is 0 Å². The first-order chi connectivity index (χ1) is 17.5. The van der Waals surface area contributed by atoms with Gasteiger partial charge in [0.2, 0.25) is 5.75 Å². The van der Waals surface area contributed by atoms with Crippen molar-refractivity contribution in [3.63, 3.8) is 0 Å². The van der Waals surface area contributed by atoms with Crippen LogP contribution in [0.5, 0.6) is 17.2 Å². The normalized spacial score (nSPS) is 11.9. The van der Waals surface area contributed by atoms with E-state index in [2.05, 4.69) is 5.10 Å². The third kappa shape index (κ3) is 4.90. The fourth-order valence-electron chi connectivity index (χ4n) is 3.61. The van der Waals surface area contributed by atoms with Gasteiger partial charge in [-0.2, -0.15) is 9.78 Å². The third-order valence-corrected chi connectivity index (χ3v) is 5.42. The fourth-order valence-corrected chi connectivity index (χ4v) is 3.61. The highest BCUT2D eigenvalue weighted by Gasteiger charge is 2.21. The first kappa shape index (κ1) is 24.5. The molecule has 0 aliphatic carbocycles. The number of rotatable bonds is 8. The Kier molecular flexibility index (Phi) is 7.29. The van der Waals surface area contributed by atoms with Gasteiger partial charge in [-0.25, -0.2) is 9.78 Å². The van der Waals surface area contributed by atoms with Gasteiger partial charge in [0.05, 0.1) is 38.4 Å². The summed E-state index contributed by atoms with van der Waals surface area (Å²) in [7, 11) is 4.22. The molecule has 36 heavy (non-hydrogen) atoms. The molecular weight excluding hydrogens is 462 g/mol. The molecule has 0 bridgehead atoms. The highest BCUT2D eigenvalue weighted by molar-refractivity contribution is 5.84. The van der Waals surface area contributed by atoms with Gasteiger partial charge in [0, 0.05) is 11.1 Å². The molecule has 184 valence electrons. The van der Waals surface area contributed by atoms with E-state index in [0.717, 1.165) is 5.56 Å². The molecule has 4 aromatic rings. The quantitative estimate of drug-likeness (QED) is 0.274. The summed E-state index contributed by atoms with van der Waals surface area (Å²) >= 11 is 0. The van der Waals surface area contributed by atoms with Gasteiger partial charge in [-0.15, -0.1) is 0 Å². The molecule has 0 aliphatic heterocycles. The predicted octanol–water partition coefficient (Wildman–Crippen LogP) is 3.90. The van der Waals surface area contributed by atoms with Crippen LogP contribution in [0.4, 0.5) is 0 Å².